The fourth-order valence-corrected chi connectivity index (χ4v) is 3.08. The van der Waals surface area contributed by atoms with Crippen LogP contribution in [0.4, 0.5) is 11.4 Å². The van der Waals surface area contributed by atoms with E-state index >= 15 is 0 Å². The Kier molecular flexibility index (Phi) is 7.12. The van der Waals surface area contributed by atoms with Crippen LogP contribution in [0.25, 0.3) is 0 Å². The molecule has 3 amide bonds. The van der Waals surface area contributed by atoms with E-state index in [4.69, 9.17) is 5.73 Å². The summed E-state index contributed by atoms with van der Waals surface area (Å²) >= 11 is 0. The Balaban J connectivity index is 1.95. The second-order valence-corrected chi connectivity index (χ2v) is 7.34. The number of primary amides is 1. The Morgan fingerprint density at radius 2 is 1.55 bits per heavy atom. The van der Waals surface area contributed by atoms with Crippen LogP contribution in [-0.2, 0) is 9.59 Å². The van der Waals surface area contributed by atoms with Crippen molar-refractivity contribution >= 4 is 29.1 Å². The topological polar surface area (TPSA) is 105 Å². The number of nitrogens with one attached hydrogen (secondary N) is 2. The molecule has 154 valence electrons. The molecule has 2 rings (SSSR count). The summed E-state index contributed by atoms with van der Waals surface area (Å²) in [6.07, 6.45) is 0. The third-order valence-corrected chi connectivity index (χ3v) is 4.81. The maximum atomic E-state index is 12.5. The maximum absolute atomic E-state index is 12.5. The van der Waals surface area contributed by atoms with Crippen LogP contribution in [0.15, 0.2) is 36.4 Å². The van der Waals surface area contributed by atoms with E-state index in [1.165, 1.54) is 0 Å². The molecule has 0 radical (unpaired) electrons. The molecule has 0 aromatic heterocycles. The average Bonchev–Trinajstić information content (AvgIpc) is 2.64. The first-order valence-corrected chi connectivity index (χ1v) is 9.37. The van der Waals surface area contributed by atoms with Gasteiger partial charge < -0.3 is 16.4 Å². The number of anilines is 2. The van der Waals surface area contributed by atoms with Crippen molar-refractivity contribution in [2.24, 2.45) is 5.73 Å². The summed E-state index contributed by atoms with van der Waals surface area (Å²) in [6, 6.07) is 9.83. The summed E-state index contributed by atoms with van der Waals surface area (Å²) < 4.78 is 0. The first-order valence-electron chi connectivity index (χ1n) is 9.37. The Hall–Kier alpha value is -3.19. The van der Waals surface area contributed by atoms with Gasteiger partial charge in [0.05, 0.1) is 12.6 Å². The predicted octanol–water partition coefficient (Wildman–Crippen LogP) is 2.61. The zero-order valence-electron chi connectivity index (χ0n) is 17.5. The molecule has 0 spiro atoms. The van der Waals surface area contributed by atoms with Crippen LogP contribution in [0, 0.1) is 20.8 Å². The number of benzene rings is 2. The highest BCUT2D eigenvalue weighted by Gasteiger charge is 2.21. The summed E-state index contributed by atoms with van der Waals surface area (Å²) in [6.45, 7) is 7.73. The number of aryl methyl sites for hydroxylation is 3. The fraction of sp³-hybridized carbons (Fsp3) is 0.318. The number of carbonyl (C=O) groups excluding carboxylic acids is 3. The number of rotatable bonds is 7. The summed E-state index contributed by atoms with van der Waals surface area (Å²) in [5.41, 5.74) is 10.1. The average molecular weight is 396 g/mol. The van der Waals surface area contributed by atoms with Crippen LogP contribution in [0.2, 0.25) is 0 Å². The van der Waals surface area contributed by atoms with E-state index in [0.717, 1.165) is 22.4 Å². The van der Waals surface area contributed by atoms with E-state index in [0.29, 0.717) is 11.3 Å². The number of hydrogen-bond donors (Lipinski definition) is 3. The van der Waals surface area contributed by atoms with Crippen LogP contribution >= 0.6 is 0 Å². The SMILES string of the molecule is Cc1cc(C)c(NC(=O)CN(C)[C@@H](C)C(=O)Nc2ccc(C(N)=O)cc2)c(C)c1. The Morgan fingerprint density at radius 3 is 2.07 bits per heavy atom. The van der Waals surface area contributed by atoms with Crippen molar-refractivity contribution in [1.29, 1.82) is 0 Å². The van der Waals surface area contributed by atoms with Crippen molar-refractivity contribution in [2.45, 2.75) is 33.7 Å². The molecule has 29 heavy (non-hydrogen) atoms. The first kappa shape index (κ1) is 22.1. The molecule has 0 bridgehead atoms. The highest BCUT2D eigenvalue weighted by molar-refractivity contribution is 5.97. The molecule has 0 unspecified atom stereocenters. The zero-order chi connectivity index (χ0) is 21.7. The number of nitrogens with zero attached hydrogens (tertiary/aromatic N) is 1. The van der Waals surface area contributed by atoms with Gasteiger partial charge in [-0.25, -0.2) is 0 Å². The van der Waals surface area contributed by atoms with Gasteiger partial charge in [-0.15, -0.1) is 0 Å². The lowest BCUT2D eigenvalue weighted by molar-refractivity contribution is -0.122. The number of nitrogens with two attached hydrogens (primary N) is 1. The van der Waals surface area contributed by atoms with Gasteiger partial charge in [0.2, 0.25) is 17.7 Å². The molecule has 0 aliphatic carbocycles. The lowest BCUT2D eigenvalue weighted by Crippen LogP contribution is -2.43. The molecule has 0 fully saturated rings. The third kappa shape index (κ3) is 5.89. The fourth-order valence-electron chi connectivity index (χ4n) is 3.08. The quantitative estimate of drug-likeness (QED) is 0.669. The van der Waals surface area contributed by atoms with Gasteiger partial charge in [0, 0.05) is 16.9 Å². The number of carbonyl (C=O) groups is 3. The third-order valence-electron chi connectivity index (χ3n) is 4.81. The van der Waals surface area contributed by atoms with Crippen molar-refractivity contribution < 1.29 is 14.4 Å². The zero-order valence-corrected chi connectivity index (χ0v) is 17.5. The molecule has 0 heterocycles. The minimum atomic E-state index is -0.531. The van der Waals surface area contributed by atoms with E-state index in [-0.39, 0.29) is 18.4 Å². The molecular weight excluding hydrogens is 368 g/mol. The molecule has 1 atom stereocenters. The van der Waals surface area contributed by atoms with Gasteiger partial charge in [-0.1, -0.05) is 17.7 Å². The van der Waals surface area contributed by atoms with Gasteiger partial charge in [-0.05, 0) is 70.1 Å². The normalized spacial score (nSPS) is 11.8. The molecule has 7 nitrogen and oxygen atoms in total. The van der Waals surface area contributed by atoms with E-state index < -0.39 is 11.9 Å². The Morgan fingerprint density at radius 1 is 1.00 bits per heavy atom. The standard InChI is InChI=1S/C22H28N4O3/c1-13-10-14(2)20(15(3)11-13)25-19(27)12-26(5)16(4)22(29)24-18-8-6-17(7-9-18)21(23)28/h6-11,16H,12H2,1-5H3,(H2,23,28)(H,24,29)(H,25,27)/t16-/m0/s1. The summed E-state index contributed by atoms with van der Waals surface area (Å²) in [5.74, 6) is -0.969. The second-order valence-electron chi connectivity index (χ2n) is 7.34. The maximum Gasteiger partial charge on any atom is 0.248 e. The molecule has 0 aliphatic rings. The molecule has 4 N–H and O–H groups in total. The molecule has 2 aromatic carbocycles. The smallest absolute Gasteiger partial charge is 0.248 e. The molecule has 0 saturated carbocycles. The monoisotopic (exact) mass is 396 g/mol. The lowest BCUT2D eigenvalue weighted by atomic mass is 10.1. The van der Waals surface area contributed by atoms with Gasteiger partial charge >= 0.3 is 0 Å². The minimum absolute atomic E-state index is 0.0714. The van der Waals surface area contributed by atoms with Gasteiger partial charge in [-0.3, -0.25) is 19.3 Å². The number of likely N-dealkylation sites (N-methyl/N-ethyl adjacent to an activating group) is 1. The molecule has 0 saturated heterocycles. The van der Waals surface area contributed by atoms with Crippen molar-refractivity contribution in [3.05, 3.63) is 58.7 Å². The predicted molar refractivity (Wildman–Crippen MR) is 115 cm³/mol. The van der Waals surface area contributed by atoms with Crippen LogP contribution in [0.3, 0.4) is 0 Å². The first-order chi connectivity index (χ1) is 13.6. The summed E-state index contributed by atoms with van der Waals surface area (Å²) in [5, 5.41) is 5.71. The minimum Gasteiger partial charge on any atom is -0.366 e. The van der Waals surface area contributed by atoms with Crippen molar-refractivity contribution in [1.82, 2.24) is 4.90 Å². The highest BCUT2D eigenvalue weighted by atomic mass is 16.2. The second kappa shape index (κ2) is 9.34. The Bertz CT molecular complexity index is 899. The van der Waals surface area contributed by atoms with Gasteiger partial charge in [0.15, 0.2) is 0 Å². The van der Waals surface area contributed by atoms with Gasteiger partial charge in [0.25, 0.3) is 0 Å². The van der Waals surface area contributed by atoms with E-state index in [1.54, 1.807) is 43.1 Å². The van der Waals surface area contributed by atoms with Crippen molar-refractivity contribution in [3.8, 4) is 0 Å². The molecule has 0 aliphatic heterocycles. The van der Waals surface area contributed by atoms with Crippen LogP contribution in [0.1, 0.15) is 34.0 Å². The molecule has 2 aromatic rings. The van der Waals surface area contributed by atoms with Crippen molar-refractivity contribution in [2.75, 3.05) is 24.2 Å². The number of amides is 3. The van der Waals surface area contributed by atoms with Crippen molar-refractivity contribution in [3.63, 3.8) is 0 Å². The van der Waals surface area contributed by atoms with Crippen LogP contribution < -0.4 is 16.4 Å². The highest BCUT2D eigenvalue weighted by Crippen LogP contribution is 2.22. The van der Waals surface area contributed by atoms with Crippen LogP contribution in [-0.4, -0.2) is 42.3 Å². The van der Waals surface area contributed by atoms with E-state index in [9.17, 15) is 14.4 Å². The van der Waals surface area contributed by atoms with E-state index in [2.05, 4.69) is 10.6 Å². The molecular formula is C22H28N4O3. The Labute approximate surface area is 171 Å². The van der Waals surface area contributed by atoms with Crippen LogP contribution in [0.5, 0.6) is 0 Å². The molecule has 7 heteroatoms. The summed E-state index contributed by atoms with van der Waals surface area (Å²) in [7, 11) is 1.72. The van der Waals surface area contributed by atoms with Gasteiger partial charge in [0.1, 0.15) is 0 Å². The largest absolute Gasteiger partial charge is 0.366 e. The van der Waals surface area contributed by atoms with E-state index in [1.807, 2.05) is 32.9 Å². The lowest BCUT2D eigenvalue weighted by Gasteiger charge is -2.24. The summed E-state index contributed by atoms with van der Waals surface area (Å²) in [4.78, 5) is 37.7. The van der Waals surface area contributed by atoms with Gasteiger partial charge in [-0.2, -0.15) is 0 Å². The number of hydrogen-bond acceptors (Lipinski definition) is 4.